The molecule has 1 heterocycles. The third-order valence-corrected chi connectivity index (χ3v) is 3.20. The number of methoxy groups -OCH3 is 1. The summed E-state index contributed by atoms with van der Waals surface area (Å²) in [5.74, 6) is 0.849. The minimum absolute atomic E-state index is 0. The molecular weight excluding hydrogens is 266 g/mol. The van der Waals surface area contributed by atoms with Gasteiger partial charge in [0.1, 0.15) is 5.75 Å². The molecule has 1 atom stereocenters. The second-order valence-corrected chi connectivity index (χ2v) is 4.62. The number of benzene rings is 1. The van der Waals surface area contributed by atoms with Gasteiger partial charge in [0.25, 0.3) is 0 Å². The van der Waals surface area contributed by atoms with E-state index in [2.05, 4.69) is 4.90 Å². The molecule has 108 valence electrons. The number of aliphatic hydroxyl groups is 1. The van der Waals surface area contributed by atoms with Gasteiger partial charge >= 0.3 is 0 Å². The maximum Gasteiger partial charge on any atom is 0.118 e. The zero-order chi connectivity index (χ0) is 12.8. The van der Waals surface area contributed by atoms with Crippen LogP contribution in [0.15, 0.2) is 24.3 Å². The Labute approximate surface area is 120 Å². The Morgan fingerprint density at radius 1 is 1.26 bits per heavy atom. The largest absolute Gasteiger partial charge is 1.00 e. The number of β-amino-alcohol motifs (C(OH)–C–C–N with tert-alkyl or cyclic N) is 1. The highest BCUT2D eigenvalue weighted by Crippen LogP contribution is 2.13. The van der Waals surface area contributed by atoms with Crippen molar-refractivity contribution in [3.8, 4) is 5.75 Å². The standard InChI is InChI=1S/C14H21NO3.ClH/c1-17-14-4-2-12(3-5-14)10-13(16)11-15-6-8-18-9-7-15;/h2-5,13,16H,6-11H2,1H3;1H/p-1. The van der Waals surface area contributed by atoms with Gasteiger partial charge in [-0.1, -0.05) is 12.1 Å². The highest BCUT2D eigenvalue weighted by atomic mass is 35.5. The monoisotopic (exact) mass is 286 g/mol. The molecule has 0 bridgehead atoms. The predicted octanol–water partition coefficient (Wildman–Crippen LogP) is -2.07. The second kappa shape index (κ2) is 8.38. The molecule has 0 aromatic heterocycles. The molecule has 0 radical (unpaired) electrons. The first-order valence-electron chi connectivity index (χ1n) is 6.39. The van der Waals surface area contributed by atoms with Crippen molar-refractivity contribution in [1.29, 1.82) is 0 Å². The Hall–Kier alpha value is -0.810. The minimum atomic E-state index is -0.323. The number of morpholine rings is 1. The van der Waals surface area contributed by atoms with Gasteiger partial charge in [-0.15, -0.1) is 0 Å². The summed E-state index contributed by atoms with van der Waals surface area (Å²) < 4.78 is 10.4. The number of aliphatic hydroxyl groups excluding tert-OH is 1. The van der Waals surface area contributed by atoms with Gasteiger partial charge in [-0.05, 0) is 24.1 Å². The molecule has 1 saturated heterocycles. The summed E-state index contributed by atoms with van der Waals surface area (Å²) in [7, 11) is 1.66. The maximum absolute atomic E-state index is 10.1. The van der Waals surface area contributed by atoms with E-state index in [4.69, 9.17) is 9.47 Å². The van der Waals surface area contributed by atoms with E-state index in [1.807, 2.05) is 24.3 Å². The Morgan fingerprint density at radius 2 is 1.89 bits per heavy atom. The molecule has 0 amide bonds. The lowest BCUT2D eigenvalue weighted by Gasteiger charge is -2.28. The fourth-order valence-corrected chi connectivity index (χ4v) is 2.18. The second-order valence-electron chi connectivity index (χ2n) is 4.62. The van der Waals surface area contributed by atoms with E-state index in [0.717, 1.165) is 44.2 Å². The predicted molar refractivity (Wildman–Crippen MR) is 70.0 cm³/mol. The molecule has 0 aliphatic carbocycles. The summed E-state index contributed by atoms with van der Waals surface area (Å²) >= 11 is 0. The zero-order valence-corrected chi connectivity index (χ0v) is 12.0. The third-order valence-electron chi connectivity index (χ3n) is 3.20. The zero-order valence-electron chi connectivity index (χ0n) is 11.2. The summed E-state index contributed by atoms with van der Waals surface area (Å²) in [5, 5.41) is 10.1. The van der Waals surface area contributed by atoms with Gasteiger partial charge < -0.3 is 27.0 Å². The van der Waals surface area contributed by atoms with Crippen LogP contribution in [0.2, 0.25) is 0 Å². The van der Waals surface area contributed by atoms with Gasteiger partial charge in [0.05, 0.1) is 26.4 Å². The van der Waals surface area contributed by atoms with Crippen molar-refractivity contribution in [2.75, 3.05) is 40.0 Å². The smallest absolute Gasteiger partial charge is 0.118 e. The molecule has 5 heteroatoms. The molecule has 1 N–H and O–H groups in total. The average Bonchev–Trinajstić information content (AvgIpc) is 2.40. The number of halogens is 1. The van der Waals surface area contributed by atoms with Gasteiger partial charge in [-0.25, -0.2) is 0 Å². The Morgan fingerprint density at radius 3 is 2.47 bits per heavy atom. The molecule has 1 aromatic carbocycles. The van der Waals surface area contributed by atoms with Crippen molar-refractivity contribution < 1.29 is 27.0 Å². The van der Waals surface area contributed by atoms with Gasteiger partial charge in [-0.3, -0.25) is 4.90 Å². The maximum atomic E-state index is 10.1. The Bertz CT molecular complexity index is 352. The molecule has 1 aromatic rings. The highest BCUT2D eigenvalue weighted by Gasteiger charge is 2.15. The molecule has 1 unspecified atom stereocenters. The molecule has 0 saturated carbocycles. The number of nitrogens with zero attached hydrogens (tertiary/aromatic N) is 1. The minimum Gasteiger partial charge on any atom is -1.00 e. The summed E-state index contributed by atoms with van der Waals surface area (Å²) in [5.41, 5.74) is 1.14. The normalized spacial score (nSPS) is 17.6. The fraction of sp³-hybridized carbons (Fsp3) is 0.571. The molecular formula is C14H21ClNO3-. The van der Waals surface area contributed by atoms with E-state index in [1.165, 1.54) is 0 Å². The summed E-state index contributed by atoms with van der Waals surface area (Å²) in [6.07, 6.45) is 0.359. The van der Waals surface area contributed by atoms with Crippen LogP contribution < -0.4 is 17.1 Å². The van der Waals surface area contributed by atoms with Gasteiger partial charge in [0.15, 0.2) is 0 Å². The van der Waals surface area contributed by atoms with Crippen LogP contribution >= 0.6 is 0 Å². The van der Waals surface area contributed by atoms with E-state index in [9.17, 15) is 5.11 Å². The van der Waals surface area contributed by atoms with Crippen LogP contribution in [0.3, 0.4) is 0 Å². The van der Waals surface area contributed by atoms with Crippen molar-refractivity contribution in [1.82, 2.24) is 4.90 Å². The lowest BCUT2D eigenvalue weighted by atomic mass is 10.1. The van der Waals surface area contributed by atoms with Crippen LogP contribution in [0.25, 0.3) is 0 Å². The van der Waals surface area contributed by atoms with Crippen LogP contribution in [0, 0.1) is 0 Å². The number of ether oxygens (including phenoxy) is 2. The lowest BCUT2D eigenvalue weighted by Crippen LogP contribution is -3.00. The van der Waals surface area contributed by atoms with E-state index >= 15 is 0 Å². The first kappa shape index (κ1) is 16.2. The van der Waals surface area contributed by atoms with Gasteiger partial charge in [-0.2, -0.15) is 0 Å². The molecule has 2 rings (SSSR count). The van der Waals surface area contributed by atoms with Crippen molar-refractivity contribution in [3.63, 3.8) is 0 Å². The van der Waals surface area contributed by atoms with Crippen molar-refractivity contribution in [2.24, 2.45) is 0 Å². The molecule has 1 aliphatic rings. The van der Waals surface area contributed by atoms with Crippen LogP contribution in [-0.2, 0) is 11.2 Å². The summed E-state index contributed by atoms with van der Waals surface area (Å²) in [6, 6.07) is 7.86. The lowest BCUT2D eigenvalue weighted by molar-refractivity contribution is -0.0000182. The van der Waals surface area contributed by atoms with Gasteiger partial charge in [0, 0.05) is 19.6 Å². The molecule has 0 spiro atoms. The first-order valence-corrected chi connectivity index (χ1v) is 6.39. The SMILES string of the molecule is COc1ccc(CC(O)CN2CCOCC2)cc1.[Cl-]. The summed E-state index contributed by atoms with van der Waals surface area (Å²) in [4.78, 5) is 2.25. The highest BCUT2D eigenvalue weighted by molar-refractivity contribution is 5.27. The summed E-state index contributed by atoms with van der Waals surface area (Å²) in [6.45, 7) is 4.10. The Kier molecular flexibility index (Phi) is 7.16. The number of hydrogen-bond donors (Lipinski definition) is 1. The van der Waals surface area contributed by atoms with Crippen LogP contribution in [0.5, 0.6) is 5.75 Å². The number of rotatable bonds is 5. The van der Waals surface area contributed by atoms with E-state index in [-0.39, 0.29) is 18.5 Å². The third kappa shape index (κ3) is 5.37. The van der Waals surface area contributed by atoms with Crippen molar-refractivity contribution in [3.05, 3.63) is 29.8 Å². The fourth-order valence-electron chi connectivity index (χ4n) is 2.18. The molecule has 4 nitrogen and oxygen atoms in total. The van der Waals surface area contributed by atoms with Crippen molar-refractivity contribution >= 4 is 0 Å². The topological polar surface area (TPSA) is 41.9 Å². The van der Waals surface area contributed by atoms with Gasteiger partial charge in [0.2, 0.25) is 0 Å². The van der Waals surface area contributed by atoms with E-state index in [0.29, 0.717) is 6.42 Å². The Balaban J connectivity index is 0.00000180. The van der Waals surface area contributed by atoms with E-state index in [1.54, 1.807) is 7.11 Å². The molecule has 1 aliphatic heterocycles. The van der Waals surface area contributed by atoms with Crippen molar-refractivity contribution in [2.45, 2.75) is 12.5 Å². The van der Waals surface area contributed by atoms with Crippen LogP contribution in [-0.4, -0.2) is 56.1 Å². The molecule has 1 fully saturated rings. The quantitative estimate of drug-likeness (QED) is 0.676. The molecule has 19 heavy (non-hydrogen) atoms. The van der Waals surface area contributed by atoms with Crippen LogP contribution in [0.4, 0.5) is 0 Å². The average molecular weight is 287 g/mol. The first-order chi connectivity index (χ1) is 8.78. The van der Waals surface area contributed by atoms with Crippen LogP contribution in [0.1, 0.15) is 5.56 Å². The number of hydrogen-bond acceptors (Lipinski definition) is 4. The van der Waals surface area contributed by atoms with E-state index < -0.39 is 0 Å².